The second-order valence-electron chi connectivity index (χ2n) is 7.13. The Morgan fingerprint density at radius 3 is 2.50 bits per heavy atom. The van der Waals surface area contributed by atoms with Crippen LogP contribution < -0.4 is 4.90 Å². The van der Waals surface area contributed by atoms with Gasteiger partial charge in [-0.15, -0.1) is 16.7 Å². The van der Waals surface area contributed by atoms with Crippen molar-refractivity contribution in [3.8, 4) is 0 Å². The van der Waals surface area contributed by atoms with Crippen LogP contribution in [0.5, 0.6) is 0 Å². The first kappa shape index (κ1) is 17.0. The van der Waals surface area contributed by atoms with Gasteiger partial charge in [-0.05, 0) is 13.0 Å². The number of alkyl halides is 1. The fraction of sp³-hybridized carbons (Fsp3) is 0.625. The number of fused-ring (bicyclic) bond motifs is 1. The van der Waals surface area contributed by atoms with Gasteiger partial charge in [0.1, 0.15) is 5.38 Å². The lowest BCUT2D eigenvalue weighted by Gasteiger charge is -2.34. The molecule has 1 aliphatic heterocycles. The Bertz CT molecular complexity index is 743. The van der Waals surface area contributed by atoms with E-state index in [1.54, 1.807) is 18.0 Å². The summed E-state index contributed by atoms with van der Waals surface area (Å²) in [4.78, 5) is 24.7. The molecule has 3 rings (SSSR count). The number of amides is 1. The summed E-state index contributed by atoms with van der Waals surface area (Å²) in [6.45, 7) is 10.8. The summed E-state index contributed by atoms with van der Waals surface area (Å²) in [6.07, 6.45) is 1.77. The Labute approximate surface area is 146 Å². The maximum absolute atomic E-state index is 12.0. The third-order valence-electron chi connectivity index (χ3n) is 4.21. The predicted octanol–water partition coefficient (Wildman–Crippen LogP) is 1.70. The molecule has 3 heterocycles. The van der Waals surface area contributed by atoms with E-state index in [1.807, 2.05) is 10.6 Å². The van der Waals surface area contributed by atoms with E-state index in [4.69, 9.17) is 11.6 Å². The number of anilines is 1. The van der Waals surface area contributed by atoms with Gasteiger partial charge in [-0.1, -0.05) is 20.8 Å². The van der Waals surface area contributed by atoms with Crippen LogP contribution in [0.1, 0.15) is 33.4 Å². The quantitative estimate of drug-likeness (QED) is 0.771. The Balaban J connectivity index is 1.81. The minimum absolute atomic E-state index is 0.0176. The molecule has 1 saturated heterocycles. The van der Waals surface area contributed by atoms with E-state index in [0.717, 1.165) is 5.69 Å². The lowest BCUT2D eigenvalue weighted by Crippen LogP contribution is -2.50. The van der Waals surface area contributed by atoms with Gasteiger partial charge in [0.05, 0.1) is 5.69 Å². The molecule has 0 N–H and O–H groups in total. The van der Waals surface area contributed by atoms with Crippen LogP contribution in [-0.2, 0) is 10.2 Å². The van der Waals surface area contributed by atoms with Gasteiger partial charge >= 0.3 is 0 Å². The second kappa shape index (κ2) is 6.20. The van der Waals surface area contributed by atoms with Gasteiger partial charge in [0.25, 0.3) is 5.78 Å². The molecule has 0 unspecified atom stereocenters. The van der Waals surface area contributed by atoms with Gasteiger partial charge < -0.3 is 9.80 Å². The van der Waals surface area contributed by atoms with Crippen molar-refractivity contribution in [2.24, 2.45) is 0 Å². The molecular formula is C16H23ClN6O. The zero-order valence-electron chi connectivity index (χ0n) is 14.5. The molecule has 0 radical (unpaired) electrons. The number of halogens is 1. The Morgan fingerprint density at radius 2 is 1.92 bits per heavy atom. The molecular weight excluding hydrogens is 328 g/mol. The van der Waals surface area contributed by atoms with Gasteiger partial charge in [-0.25, -0.2) is 4.98 Å². The summed E-state index contributed by atoms with van der Waals surface area (Å²) in [5.74, 6) is 1.24. The van der Waals surface area contributed by atoms with E-state index in [1.165, 1.54) is 0 Å². The van der Waals surface area contributed by atoms with Crippen molar-refractivity contribution in [3.05, 3.63) is 18.0 Å². The highest BCUT2D eigenvalue weighted by Gasteiger charge is 2.26. The molecule has 1 aliphatic rings. The molecule has 0 aliphatic carbocycles. The maximum Gasteiger partial charge on any atom is 0.254 e. The first-order chi connectivity index (χ1) is 11.3. The van der Waals surface area contributed by atoms with Gasteiger partial charge in [0, 0.05) is 37.8 Å². The summed E-state index contributed by atoms with van der Waals surface area (Å²) in [6, 6.07) is 1.98. The third-order valence-corrected chi connectivity index (χ3v) is 4.40. The van der Waals surface area contributed by atoms with Gasteiger partial charge in [0.2, 0.25) is 11.9 Å². The van der Waals surface area contributed by atoms with E-state index < -0.39 is 5.38 Å². The molecule has 1 atom stereocenters. The highest BCUT2D eigenvalue weighted by molar-refractivity contribution is 6.30. The molecule has 7 nitrogen and oxygen atoms in total. The molecule has 1 fully saturated rings. The molecule has 130 valence electrons. The maximum atomic E-state index is 12.0. The van der Waals surface area contributed by atoms with Crippen molar-refractivity contribution in [1.82, 2.24) is 24.5 Å². The minimum atomic E-state index is -0.483. The summed E-state index contributed by atoms with van der Waals surface area (Å²) >= 11 is 5.89. The number of hydrogen-bond donors (Lipinski definition) is 0. The number of carbonyl (C=O) groups is 1. The van der Waals surface area contributed by atoms with E-state index in [2.05, 4.69) is 40.7 Å². The van der Waals surface area contributed by atoms with Gasteiger partial charge in [0.15, 0.2) is 0 Å². The summed E-state index contributed by atoms with van der Waals surface area (Å²) in [5.41, 5.74) is 1.02. The second-order valence-corrected chi connectivity index (χ2v) is 7.79. The first-order valence-corrected chi connectivity index (χ1v) is 8.61. The molecule has 0 saturated carbocycles. The van der Waals surface area contributed by atoms with Crippen molar-refractivity contribution in [1.29, 1.82) is 0 Å². The third kappa shape index (κ3) is 3.17. The van der Waals surface area contributed by atoms with Crippen LogP contribution in [0.15, 0.2) is 12.3 Å². The van der Waals surface area contributed by atoms with Gasteiger partial charge in [-0.2, -0.15) is 9.50 Å². The molecule has 0 bridgehead atoms. The van der Waals surface area contributed by atoms with Crippen molar-refractivity contribution in [2.45, 2.75) is 38.5 Å². The van der Waals surface area contributed by atoms with Gasteiger partial charge in [-0.3, -0.25) is 4.79 Å². The fourth-order valence-corrected chi connectivity index (χ4v) is 3.00. The summed E-state index contributed by atoms with van der Waals surface area (Å²) in [7, 11) is 0. The van der Waals surface area contributed by atoms with Crippen molar-refractivity contribution in [3.63, 3.8) is 0 Å². The van der Waals surface area contributed by atoms with Crippen LogP contribution in [0, 0.1) is 0 Å². The van der Waals surface area contributed by atoms with Crippen LogP contribution >= 0.6 is 11.6 Å². The molecule has 1 amide bonds. The fourth-order valence-electron chi connectivity index (χ4n) is 2.86. The van der Waals surface area contributed by atoms with Crippen LogP contribution in [0.4, 0.5) is 5.95 Å². The average molecular weight is 351 g/mol. The minimum Gasteiger partial charge on any atom is -0.338 e. The van der Waals surface area contributed by atoms with Crippen LogP contribution in [-0.4, -0.2) is 61.9 Å². The molecule has 0 aromatic carbocycles. The first-order valence-electron chi connectivity index (χ1n) is 8.17. The zero-order valence-corrected chi connectivity index (χ0v) is 15.3. The number of carbonyl (C=O) groups excluding carboxylic acids is 1. The van der Waals surface area contributed by atoms with Crippen molar-refractivity contribution >= 4 is 29.2 Å². The number of rotatable bonds is 2. The normalized spacial score (nSPS) is 17.4. The Kier molecular flexibility index (Phi) is 4.38. The van der Waals surface area contributed by atoms with E-state index in [-0.39, 0.29) is 11.3 Å². The zero-order chi connectivity index (χ0) is 17.5. The van der Waals surface area contributed by atoms with Crippen molar-refractivity contribution < 1.29 is 4.79 Å². The number of aromatic nitrogens is 4. The highest BCUT2D eigenvalue weighted by atomic mass is 35.5. The Hall–Kier alpha value is -1.89. The monoisotopic (exact) mass is 350 g/mol. The van der Waals surface area contributed by atoms with E-state index >= 15 is 0 Å². The summed E-state index contributed by atoms with van der Waals surface area (Å²) in [5, 5.41) is 4.16. The molecule has 24 heavy (non-hydrogen) atoms. The SMILES string of the molecule is C[C@H](Cl)C(=O)N1CCN(c2nc3nccc(C(C)(C)C)n3n2)CC1. The summed E-state index contributed by atoms with van der Waals surface area (Å²) < 4.78 is 1.81. The topological polar surface area (TPSA) is 66.6 Å². The molecule has 2 aromatic heterocycles. The molecule has 2 aromatic rings. The average Bonchev–Trinajstić information content (AvgIpc) is 2.97. The largest absolute Gasteiger partial charge is 0.338 e. The van der Waals surface area contributed by atoms with E-state index in [0.29, 0.717) is 37.9 Å². The van der Waals surface area contributed by atoms with Crippen LogP contribution in [0.2, 0.25) is 0 Å². The molecule has 0 spiro atoms. The lowest BCUT2D eigenvalue weighted by atomic mass is 9.92. The number of hydrogen-bond acceptors (Lipinski definition) is 5. The molecule has 8 heteroatoms. The van der Waals surface area contributed by atoms with E-state index in [9.17, 15) is 4.79 Å². The smallest absolute Gasteiger partial charge is 0.254 e. The lowest BCUT2D eigenvalue weighted by molar-refractivity contribution is -0.130. The van der Waals surface area contributed by atoms with Crippen molar-refractivity contribution in [2.75, 3.05) is 31.1 Å². The van der Waals surface area contributed by atoms with Crippen LogP contribution in [0.3, 0.4) is 0 Å². The standard InChI is InChI=1S/C16H23ClN6O/c1-11(17)13(24)21-7-9-22(10-8-21)15-19-14-18-6-5-12(16(2,3)4)23(14)20-15/h5-6,11H,7-10H2,1-4H3/t11-/m0/s1. The van der Waals surface area contributed by atoms with Crippen LogP contribution in [0.25, 0.3) is 5.78 Å². The number of piperazine rings is 1. The highest BCUT2D eigenvalue weighted by Crippen LogP contribution is 2.23. The Morgan fingerprint density at radius 1 is 1.25 bits per heavy atom. The number of nitrogens with zero attached hydrogens (tertiary/aromatic N) is 6. The predicted molar refractivity (Wildman–Crippen MR) is 93.6 cm³/mol.